The van der Waals surface area contributed by atoms with Gasteiger partial charge in [-0.05, 0) is 60.2 Å². The number of hydrogen-bond acceptors (Lipinski definition) is 6. The average molecular weight is 529 g/mol. The summed E-state index contributed by atoms with van der Waals surface area (Å²) in [7, 11) is 0. The van der Waals surface area contributed by atoms with Gasteiger partial charge in [0.2, 0.25) is 0 Å². The zero-order valence-corrected chi connectivity index (χ0v) is 22.9. The number of rotatable bonds is 12. The lowest BCUT2D eigenvalue weighted by Gasteiger charge is -2.33. The molecule has 2 aliphatic rings. The molecule has 6 heteroatoms. The third-order valence-electron chi connectivity index (χ3n) is 8.18. The fourth-order valence-electron chi connectivity index (χ4n) is 6.05. The molecule has 1 saturated carbocycles. The SMILES string of the molecule is CCCCNc1ccc(C(O)O[C@@H]2C3CC(c4ccccc43)[C@@H]2OC(=O)c2ccc(C(N)CCC)cc2)cc1. The van der Waals surface area contributed by atoms with E-state index in [0.717, 1.165) is 49.9 Å². The maximum Gasteiger partial charge on any atom is 0.338 e. The first-order valence-electron chi connectivity index (χ1n) is 14.3. The van der Waals surface area contributed by atoms with Crippen molar-refractivity contribution in [3.05, 3.63) is 101 Å². The lowest BCUT2D eigenvalue weighted by atomic mass is 9.87. The van der Waals surface area contributed by atoms with Crippen molar-refractivity contribution in [3.8, 4) is 0 Å². The van der Waals surface area contributed by atoms with Gasteiger partial charge >= 0.3 is 5.97 Å². The number of anilines is 1. The maximum absolute atomic E-state index is 13.3. The lowest BCUT2D eigenvalue weighted by Crippen LogP contribution is -2.38. The molecule has 0 spiro atoms. The van der Waals surface area contributed by atoms with Gasteiger partial charge in [-0.15, -0.1) is 0 Å². The Balaban J connectivity index is 1.31. The number of benzene rings is 3. The quantitative estimate of drug-likeness (QED) is 0.140. The molecule has 2 bridgehead atoms. The second kappa shape index (κ2) is 12.3. The number of unbranched alkanes of at least 4 members (excludes halogenated alkanes) is 1. The molecule has 3 aromatic rings. The average Bonchev–Trinajstić information content (AvgIpc) is 3.51. The van der Waals surface area contributed by atoms with Gasteiger partial charge in [0.15, 0.2) is 6.29 Å². The van der Waals surface area contributed by atoms with E-state index in [-0.39, 0.29) is 23.8 Å². The summed E-state index contributed by atoms with van der Waals surface area (Å²) in [6, 6.07) is 23.3. The summed E-state index contributed by atoms with van der Waals surface area (Å²) in [5.41, 5.74) is 11.9. The number of aliphatic hydroxyl groups excluding tert-OH is 1. The van der Waals surface area contributed by atoms with Crippen LogP contribution in [-0.4, -0.2) is 29.8 Å². The minimum Gasteiger partial charge on any atom is -0.455 e. The number of esters is 1. The molecule has 0 aromatic heterocycles. The van der Waals surface area contributed by atoms with E-state index in [0.29, 0.717) is 11.1 Å². The molecule has 5 rings (SSSR count). The van der Waals surface area contributed by atoms with Crippen LogP contribution in [0.2, 0.25) is 0 Å². The molecule has 0 amide bonds. The molecule has 0 aliphatic heterocycles. The Morgan fingerprint density at radius 3 is 2.21 bits per heavy atom. The zero-order valence-electron chi connectivity index (χ0n) is 22.9. The Bertz CT molecular complexity index is 1240. The maximum atomic E-state index is 13.3. The van der Waals surface area contributed by atoms with Gasteiger partial charge in [0, 0.05) is 35.7 Å². The zero-order chi connectivity index (χ0) is 27.4. The predicted molar refractivity (Wildman–Crippen MR) is 154 cm³/mol. The minimum atomic E-state index is -1.12. The van der Waals surface area contributed by atoms with Gasteiger partial charge in [0.05, 0.1) is 5.56 Å². The van der Waals surface area contributed by atoms with Crippen molar-refractivity contribution in [3.63, 3.8) is 0 Å². The van der Waals surface area contributed by atoms with Gasteiger partial charge < -0.3 is 25.6 Å². The Kier molecular flexibility index (Phi) is 8.66. The normalized spacial score (nSPS) is 22.8. The third kappa shape index (κ3) is 5.88. The van der Waals surface area contributed by atoms with E-state index in [1.54, 1.807) is 12.1 Å². The Morgan fingerprint density at radius 1 is 0.923 bits per heavy atom. The molecule has 0 radical (unpaired) electrons. The van der Waals surface area contributed by atoms with Crippen molar-refractivity contribution in [2.45, 2.75) is 82.3 Å². The van der Waals surface area contributed by atoms with Crippen LogP contribution in [0.25, 0.3) is 0 Å². The Hall–Kier alpha value is -3.19. The van der Waals surface area contributed by atoms with Crippen molar-refractivity contribution < 1.29 is 19.4 Å². The van der Waals surface area contributed by atoms with Crippen LogP contribution in [0, 0.1) is 0 Å². The highest BCUT2D eigenvalue weighted by Gasteiger charge is 2.54. The first-order chi connectivity index (χ1) is 19.0. The van der Waals surface area contributed by atoms with Gasteiger partial charge in [-0.25, -0.2) is 4.79 Å². The van der Waals surface area contributed by atoms with Crippen molar-refractivity contribution in [2.24, 2.45) is 5.73 Å². The highest BCUT2D eigenvalue weighted by atomic mass is 16.6. The number of fused-ring (bicyclic) bond motifs is 5. The summed E-state index contributed by atoms with van der Waals surface area (Å²) >= 11 is 0. The van der Waals surface area contributed by atoms with E-state index >= 15 is 0 Å². The summed E-state index contributed by atoms with van der Waals surface area (Å²) in [5.74, 6) is -0.288. The molecule has 1 fully saturated rings. The molecule has 0 heterocycles. The first-order valence-corrected chi connectivity index (χ1v) is 14.3. The molecule has 0 saturated heterocycles. The van der Waals surface area contributed by atoms with Gasteiger partial charge in [-0.3, -0.25) is 0 Å². The van der Waals surface area contributed by atoms with E-state index in [2.05, 4.69) is 31.3 Å². The second-order valence-corrected chi connectivity index (χ2v) is 10.8. The minimum absolute atomic E-state index is 0.0368. The molecule has 206 valence electrons. The summed E-state index contributed by atoms with van der Waals surface area (Å²) in [4.78, 5) is 13.3. The fourth-order valence-corrected chi connectivity index (χ4v) is 6.05. The predicted octanol–water partition coefficient (Wildman–Crippen LogP) is 6.58. The molecule has 3 aromatic carbocycles. The monoisotopic (exact) mass is 528 g/mol. The molecule has 6 nitrogen and oxygen atoms in total. The van der Waals surface area contributed by atoms with Crippen LogP contribution in [0.3, 0.4) is 0 Å². The van der Waals surface area contributed by atoms with Crippen LogP contribution < -0.4 is 11.1 Å². The van der Waals surface area contributed by atoms with Crippen LogP contribution in [0.15, 0.2) is 72.8 Å². The van der Waals surface area contributed by atoms with Gasteiger partial charge in [-0.1, -0.05) is 75.2 Å². The molecule has 4 N–H and O–H groups in total. The topological polar surface area (TPSA) is 93.8 Å². The van der Waals surface area contributed by atoms with E-state index in [1.807, 2.05) is 48.5 Å². The van der Waals surface area contributed by atoms with Crippen molar-refractivity contribution in [1.82, 2.24) is 0 Å². The van der Waals surface area contributed by atoms with E-state index < -0.39 is 18.5 Å². The van der Waals surface area contributed by atoms with Crippen LogP contribution >= 0.6 is 0 Å². The fraction of sp³-hybridized carbons (Fsp3) is 0.424. The highest BCUT2D eigenvalue weighted by molar-refractivity contribution is 5.89. The Morgan fingerprint density at radius 2 is 1.56 bits per heavy atom. The van der Waals surface area contributed by atoms with Gasteiger partial charge in [0.1, 0.15) is 12.2 Å². The number of nitrogens with one attached hydrogen (secondary N) is 1. The number of ether oxygens (including phenoxy) is 2. The van der Waals surface area contributed by atoms with Gasteiger partial charge in [-0.2, -0.15) is 0 Å². The van der Waals surface area contributed by atoms with Crippen LogP contribution in [0.1, 0.15) is 103 Å². The Labute approximate surface area is 231 Å². The highest BCUT2D eigenvalue weighted by Crippen LogP contribution is 2.56. The lowest BCUT2D eigenvalue weighted by molar-refractivity contribution is -0.169. The molecular formula is C33H40N2O4. The number of nitrogens with two attached hydrogens (primary N) is 1. The van der Waals surface area contributed by atoms with Crippen LogP contribution in [-0.2, 0) is 9.47 Å². The summed E-state index contributed by atoms with van der Waals surface area (Å²) in [6.07, 6.45) is 2.93. The number of aliphatic hydroxyl groups is 1. The van der Waals surface area contributed by atoms with Gasteiger partial charge in [0.25, 0.3) is 0 Å². The number of carbonyl (C=O) groups is 1. The van der Waals surface area contributed by atoms with Crippen molar-refractivity contribution >= 4 is 11.7 Å². The van der Waals surface area contributed by atoms with Crippen molar-refractivity contribution in [1.29, 1.82) is 0 Å². The molecular weight excluding hydrogens is 488 g/mol. The number of hydrogen-bond donors (Lipinski definition) is 3. The first kappa shape index (κ1) is 27.4. The summed E-state index contributed by atoms with van der Waals surface area (Å²) in [5, 5.41) is 14.5. The third-order valence-corrected chi connectivity index (χ3v) is 8.18. The summed E-state index contributed by atoms with van der Waals surface area (Å²) < 4.78 is 12.4. The number of carbonyl (C=O) groups excluding carboxylic acids is 1. The molecule has 6 atom stereocenters. The van der Waals surface area contributed by atoms with E-state index in [9.17, 15) is 9.90 Å². The second-order valence-electron chi connectivity index (χ2n) is 10.8. The van der Waals surface area contributed by atoms with E-state index in [1.165, 1.54) is 11.1 Å². The van der Waals surface area contributed by atoms with Crippen LogP contribution in [0.4, 0.5) is 5.69 Å². The summed E-state index contributed by atoms with van der Waals surface area (Å²) in [6.45, 7) is 5.19. The molecule has 39 heavy (non-hydrogen) atoms. The molecule has 4 unspecified atom stereocenters. The van der Waals surface area contributed by atoms with Crippen molar-refractivity contribution in [2.75, 3.05) is 11.9 Å². The van der Waals surface area contributed by atoms with E-state index in [4.69, 9.17) is 15.2 Å². The largest absolute Gasteiger partial charge is 0.455 e. The standard InChI is InChI=1S/C33H40N2O4/c1-3-5-19-35-24-17-15-23(16-18-24)33(37)39-31-28-20-27(25-9-6-7-10-26(25)28)30(31)38-32(36)22-13-11-21(12-14-22)29(34)8-4-2/h6-7,9-18,27-31,33,35,37H,3-5,8,19-20,34H2,1-2H3/t27?,28?,29?,30-,31+,33?/m0/s1. The van der Waals surface area contributed by atoms with Crippen LogP contribution in [0.5, 0.6) is 0 Å². The smallest absolute Gasteiger partial charge is 0.338 e. The molecule has 2 aliphatic carbocycles.